The van der Waals surface area contributed by atoms with Crippen LogP contribution in [0.4, 0.5) is 11.4 Å². The Kier molecular flexibility index (Phi) is 5.18. The molecule has 0 saturated carbocycles. The Morgan fingerprint density at radius 3 is 3.00 bits per heavy atom. The monoisotopic (exact) mass is 406 g/mol. The topological polar surface area (TPSA) is 85.6 Å². The van der Waals surface area contributed by atoms with Crippen molar-refractivity contribution in [1.82, 2.24) is 4.90 Å². The first-order valence-electron chi connectivity index (χ1n) is 9.39. The Morgan fingerprint density at radius 2 is 2.21 bits per heavy atom. The summed E-state index contributed by atoms with van der Waals surface area (Å²) in [6, 6.07) is 12.3. The van der Waals surface area contributed by atoms with E-state index in [1.807, 2.05) is 11.8 Å². The van der Waals surface area contributed by atoms with Crippen LogP contribution in [-0.4, -0.2) is 41.9 Å². The highest BCUT2D eigenvalue weighted by atomic mass is 35.5. The lowest BCUT2D eigenvalue weighted by Gasteiger charge is -2.35. The molecular formula is C22H19ClN4O2. The van der Waals surface area contributed by atoms with Crippen LogP contribution in [-0.2, 0) is 4.79 Å². The molecule has 0 bridgehead atoms. The lowest BCUT2D eigenvalue weighted by molar-refractivity contribution is -0.117. The van der Waals surface area contributed by atoms with Crippen molar-refractivity contribution in [2.24, 2.45) is 10.9 Å². The fraction of sp³-hybridized carbons (Fsp3) is 0.273. The molecule has 2 aromatic carbocycles. The molecule has 1 atom stereocenters. The number of piperidine rings is 1. The Labute approximate surface area is 173 Å². The second-order valence-electron chi connectivity index (χ2n) is 7.31. The zero-order valence-electron chi connectivity index (χ0n) is 15.9. The van der Waals surface area contributed by atoms with Gasteiger partial charge in [0.25, 0.3) is 0 Å². The Bertz CT molecular complexity index is 1090. The molecule has 1 saturated heterocycles. The normalized spacial score (nSPS) is 18.3. The standard InChI is InChI=1S/C22H19ClN4O2/c1-13-18(23)6-5-16-21(13)26-19-7-8-27(11-17(19)22(16)29)12-20(28)25-15-4-2-3-14(9-15)10-24/h2-6,9,17H,7-8,11-12H2,1H3,(H,25,28). The van der Waals surface area contributed by atoms with Crippen LogP contribution in [0.5, 0.6) is 0 Å². The number of rotatable bonds is 3. The zero-order chi connectivity index (χ0) is 20.5. The van der Waals surface area contributed by atoms with Gasteiger partial charge in [-0.15, -0.1) is 0 Å². The lowest BCUT2D eigenvalue weighted by atomic mass is 9.84. The Balaban J connectivity index is 1.45. The number of carbonyl (C=O) groups is 2. The minimum absolute atomic E-state index is 0.0385. The van der Waals surface area contributed by atoms with Crippen molar-refractivity contribution < 1.29 is 9.59 Å². The number of Topliss-reactive ketones (excluding diaryl/α,β-unsaturated/α-hetero) is 1. The van der Waals surface area contributed by atoms with E-state index >= 15 is 0 Å². The van der Waals surface area contributed by atoms with E-state index < -0.39 is 0 Å². The molecule has 0 radical (unpaired) electrons. The molecule has 146 valence electrons. The number of anilines is 1. The molecule has 2 aliphatic rings. The number of aliphatic imine (C=N–C) groups is 1. The summed E-state index contributed by atoms with van der Waals surface area (Å²) in [6.07, 6.45) is 0.638. The zero-order valence-corrected chi connectivity index (χ0v) is 16.7. The molecule has 2 aromatic rings. The van der Waals surface area contributed by atoms with Crippen LogP contribution in [0.2, 0.25) is 5.02 Å². The number of nitrogens with one attached hydrogen (secondary N) is 1. The minimum atomic E-state index is -0.327. The fourth-order valence-electron chi connectivity index (χ4n) is 3.83. The first-order chi connectivity index (χ1) is 14.0. The molecule has 1 amide bonds. The van der Waals surface area contributed by atoms with Crippen molar-refractivity contribution in [3.05, 3.63) is 58.1 Å². The van der Waals surface area contributed by atoms with E-state index in [1.165, 1.54) is 0 Å². The lowest BCUT2D eigenvalue weighted by Crippen LogP contribution is -2.47. The highest BCUT2D eigenvalue weighted by Gasteiger charge is 2.36. The average molecular weight is 407 g/mol. The molecule has 2 heterocycles. The van der Waals surface area contributed by atoms with Crippen LogP contribution in [0.1, 0.15) is 27.9 Å². The quantitative estimate of drug-likeness (QED) is 0.841. The molecule has 0 spiro atoms. The first kappa shape index (κ1) is 19.3. The van der Waals surface area contributed by atoms with Crippen molar-refractivity contribution >= 4 is 40.4 Å². The maximum atomic E-state index is 13.0. The number of halogens is 1. The van der Waals surface area contributed by atoms with E-state index in [1.54, 1.807) is 36.4 Å². The third-order valence-corrected chi connectivity index (χ3v) is 5.78. The van der Waals surface area contributed by atoms with Crippen LogP contribution < -0.4 is 5.32 Å². The van der Waals surface area contributed by atoms with Crippen molar-refractivity contribution in [3.63, 3.8) is 0 Å². The van der Waals surface area contributed by atoms with Gasteiger partial charge in [-0.2, -0.15) is 5.26 Å². The molecule has 7 heteroatoms. The summed E-state index contributed by atoms with van der Waals surface area (Å²) in [5.41, 5.74) is 4.04. The average Bonchev–Trinajstić information content (AvgIpc) is 2.71. The second-order valence-corrected chi connectivity index (χ2v) is 7.72. The number of hydrogen-bond acceptors (Lipinski definition) is 5. The van der Waals surface area contributed by atoms with E-state index in [4.69, 9.17) is 21.9 Å². The van der Waals surface area contributed by atoms with Gasteiger partial charge in [0, 0.05) is 35.1 Å². The molecule has 29 heavy (non-hydrogen) atoms. The van der Waals surface area contributed by atoms with Gasteiger partial charge in [-0.25, -0.2) is 0 Å². The fourth-order valence-corrected chi connectivity index (χ4v) is 3.99. The van der Waals surface area contributed by atoms with E-state index in [9.17, 15) is 9.59 Å². The van der Waals surface area contributed by atoms with Crippen LogP contribution in [0, 0.1) is 24.2 Å². The first-order valence-corrected chi connectivity index (χ1v) is 9.77. The van der Waals surface area contributed by atoms with Crippen molar-refractivity contribution in [2.45, 2.75) is 13.3 Å². The smallest absolute Gasteiger partial charge is 0.238 e. The van der Waals surface area contributed by atoms with Gasteiger partial charge in [-0.3, -0.25) is 19.5 Å². The van der Waals surface area contributed by atoms with Crippen molar-refractivity contribution in [1.29, 1.82) is 5.26 Å². The summed E-state index contributed by atoms with van der Waals surface area (Å²) < 4.78 is 0. The largest absolute Gasteiger partial charge is 0.325 e. The SMILES string of the molecule is Cc1c(Cl)ccc2c1N=C1CCN(CC(=O)Nc3cccc(C#N)c3)CC1C2=O. The van der Waals surface area contributed by atoms with E-state index in [2.05, 4.69) is 11.4 Å². The number of benzene rings is 2. The van der Waals surface area contributed by atoms with E-state index in [-0.39, 0.29) is 24.2 Å². The van der Waals surface area contributed by atoms with Crippen LogP contribution in [0.15, 0.2) is 41.4 Å². The third kappa shape index (κ3) is 3.80. The summed E-state index contributed by atoms with van der Waals surface area (Å²) in [7, 11) is 0. The Morgan fingerprint density at radius 1 is 1.38 bits per heavy atom. The molecule has 0 aromatic heterocycles. The molecule has 6 nitrogen and oxygen atoms in total. The Hall–Kier alpha value is -3.01. The number of carbonyl (C=O) groups excluding carboxylic acids is 2. The van der Waals surface area contributed by atoms with Gasteiger partial charge in [0.15, 0.2) is 5.78 Å². The van der Waals surface area contributed by atoms with Crippen LogP contribution in [0.3, 0.4) is 0 Å². The van der Waals surface area contributed by atoms with Crippen molar-refractivity contribution in [2.75, 3.05) is 25.0 Å². The maximum Gasteiger partial charge on any atom is 0.238 e. The minimum Gasteiger partial charge on any atom is -0.325 e. The summed E-state index contributed by atoms with van der Waals surface area (Å²) >= 11 is 6.18. The van der Waals surface area contributed by atoms with Gasteiger partial charge in [0.1, 0.15) is 0 Å². The van der Waals surface area contributed by atoms with E-state index in [0.29, 0.717) is 47.0 Å². The number of ketones is 1. The van der Waals surface area contributed by atoms with Crippen LogP contribution in [0.25, 0.3) is 0 Å². The second kappa shape index (κ2) is 7.78. The molecule has 0 aliphatic carbocycles. The third-order valence-electron chi connectivity index (χ3n) is 5.37. The number of likely N-dealkylation sites (tertiary alicyclic amines) is 1. The highest BCUT2D eigenvalue weighted by molar-refractivity contribution is 6.32. The predicted octanol–water partition coefficient (Wildman–Crippen LogP) is 3.75. The molecule has 2 aliphatic heterocycles. The molecule has 4 rings (SSSR count). The van der Waals surface area contributed by atoms with Crippen LogP contribution >= 0.6 is 11.6 Å². The van der Waals surface area contributed by atoms with E-state index in [0.717, 1.165) is 11.3 Å². The van der Waals surface area contributed by atoms with Crippen molar-refractivity contribution in [3.8, 4) is 6.07 Å². The summed E-state index contributed by atoms with van der Waals surface area (Å²) in [6.45, 7) is 3.17. The van der Waals surface area contributed by atoms with Gasteiger partial charge in [0.2, 0.25) is 5.91 Å². The summed E-state index contributed by atoms with van der Waals surface area (Å²) in [4.78, 5) is 32.2. The predicted molar refractivity (Wildman–Crippen MR) is 112 cm³/mol. The maximum absolute atomic E-state index is 13.0. The van der Waals surface area contributed by atoms with Gasteiger partial charge < -0.3 is 5.32 Å². The summed E-state index contributed by atoms with van der Waals surface area (Å²) in [5.74, 6) is -0.463. The van der Waals surface area contributed by atoms with Gasteiger partial charge in [-0.05, 0) is 49.2 Å². The number of fused-ring (bicyclic) bond motifs is 2. The number of nitrogens with zero attached hydrogens (tertiary/aromatic N) is 3. The number of hydrogen-bond donors (Lipinski definition) is 1. The molecular weight excluding hydrogens is 388 g/mol. The summed E-state index contributed by atoms with van der Waals surface area (Å²) in [5, 5.41) is 12.4. The van der Waals surface area contributed by atoms with Gasteiger partial charge in [-0.1, -0.05) is 17.7 Å². The van der Waals surface area contributed by atoms with Gasteiger partial charge in [0.05, 0.1) is 29.8 Å². The number of nitriles is 1. The molecule has 1 unspecified atom stereocenters. The molecule has 1 fully saturated rings. The highest BCUT2D eigenvalue weighted by Crippen LogP contribution is 2.37. The van der Waals surface area contributed by atoms with Gasteiger partial charge >= 0.3 is 0 Å². The molecule has 1 N–H and O–H groups in total. The number of amides is 1.